The first-order valence-corrected chi connectivity index (χ1v) is 13.7. The van der Waals surface area contributed by atoms with Gasteiger partial charge in [0.25, 0.3) is 17.6 Å². The van der Waals surface area contributed by atoms with Crippen LogP contribution < -0.4 is 16.5 Å². The molecule has 4 rings (SSSR count). The van der Waals surface area contributed by atoms with E-state index in [2.05, 4.69) is 26.1 Å². The maximum atomic E-state index is 14.2. The average molecular weight is 539 g/mol. The topological polar surface area (TPSA) is 113 Å². The van der Waals surface area contributed by atoms with Gasteiger partial charge in [-0.1, -0.05) is 45.7 Å². The van der Waals surface area contributed by atoms with Crippen LogP contribution in [0.3, 0.4) is 0 Å². The van der Waals surface area contributed by atoms with Crippen LogP contribution in [0.1, 0.15) is 86.8 Å². The molecule has 0 saturated heterocycles. The third-order valence-electron chi connectivity index (χ3n) is 7.63. The van der Waals surface area contributed by atoms with Crippen LogP contribution in [0.2, 0.25) is 0 Å². The molecule has 2 aliphatic rings. The van der Waals surface area contributed by atoms with Gasteiger partial charge in [0.1, 0.15) is 29.6 Å². The second-order valence-corrected chi connectivity index (χ2v) is 11.2. The van der Waals surface area contributed by atoms with Crippen molar-refractivity contribution in [1.29, 1.82) is 0 Å². The highest BCUT2D eigenvalue weighted by atomic mass is 19.1. The molecule has 1 aliphatic carbocycles. The SMILES string of the molecule is CCCC[C@H](c1ccc(C(=O)NCC(N)=[NH2+])cc1)N1C(=O)C(c2cc(F)cc(F)c2)=NC12CC(C)CC(C)C2. The van der Waals surface area contributed by atoms with E-state index in [0.29, 0.717) is 36.7 Å². The summed E-state index contributed by atoms with van der Waals surface area (Å²) < 4.78 is 28.4. The molecule has 2 unspecified atom stereocenters. The van der Waals surface area contributed by atoms with Crippen LogP contribution >= 0.6 is 0 Å². The largest absolute Gasteiger partial charge is 0.340 e. The van der Waals surface area contributed by atoms with E-state index in [0.717, 1.165) is 30.9 Å². The minimum absolute atomic E-state index is 0.0711. The Balaban J connectivity index is 1.76. The number of benzene rings is 2. The Hall–Kier alpha value is -3.62. The minimum atomic E-state index is -0.810. The van der Waals surface area contributed by atoms with Gasteiger partial charge in [0, 0.05) is 17.2 Å². The number of nitrogens with two attached hydrogens (primary N) is 2. The summed E-state index contributed by atoms with van der Waals surface area (Å²) in [5.41, 5.74) is 6.23. The zero-order valence-corrected chi connectivity index (χ0v) is 22.8. The van der Waals surface area contributed by atoms with Crippen molar-refractivity contribution in [1.82, 2.24) is 10.2 Å². The number of carbonyl (C=O) groups is 2. The molecule has 39 heavy (non-hydrogen) atoms. The summed E-state index contributed by atoms with van der Waals surface area (Å²) in [6.07, 6.45) is 4.86. The number of halogens is 2. The molecule has 1 aliphatic heterocycles. The van der Waals surface area contributed by atoms with Crippen LogP contribution in [0.4, 0.5) is 8.78 Å². The first-order chi connectivity index (χ1) is 18.5. The Labute approximate surface area is 228 Å². The van der Waals surface area contributed by atoms with Crippen molar-refractivity contribution >= 4 is 23.4 Å². The number of hydrogen-bond acceptors (Lipinski definition) is 3. The van der Waals surface area contributed by atoms with E-state index in [1.165, 1.54) is 12.1 Å². The standard InChI is InChI=1S/C30H37F2N5O2/c1-4-5-6-25(20-7-9-21(10-8-20)28(38)35-17-26(33)34)37-29(39)27(22-12-23(31)14-24(32)13-22)36-30(37)15-18(2)11-19(3)16-30/h7-10,12-14,18-19,25H,4-6,11,15-17H2,1-3H3,(H3,33,34)(H,35,38)/p+1/t18?,19?,25-,30?/m1/s1. The lowest BCUT2D eigenvalue weighted by Crippen LogP contribution is -2.52. The van der Waals surface area contributed by atoms with Crippen molar-refractivity contribution in [3.05, 3.63) is 70.8 Å². The second kappa shape index (κ2) is 11.6. The lowest BCUT2D eigenvalue weighted by molar-refractivity contribution is -0.134. The molecule has 1 spiro atoms. The maximum Gasteiger partial charge on any atom is 0.275 e. The van der Waals surface area contributed by atoms with Crippen molar-refractivity contribution in [2.45, 2.75) is 71.0 Å². The molecule has 208 valence electrons. The summed E-state index contributed by atoms with van der Waals surface area (Å²) >= 11 is 0. The number of carbonyl (C=O) groups excluding carboxylic acids is 2. The Morgan fingerprint density at radius 3 is 2.33 bits per heavy atom. The minimum Gasteiger partial charge on any atom is -0.340 e. The van der Waals surface area contributed by atoms with Crippen molar-refractivity contribution in [3.8, 4) is 0 Å². The predicted octanol–water partition coefficient (Wildman–Crippen LogP) is 3.53. The van der Waals surface area contributed by atoms with Crippen LogP contribution in [0.15, 0.2) is 47.5 Å². The molecular formula is C30H38F2N5O2+. The van der Waals surface area contributed by atoms with Gasteiger partial charge >= 0.3 is 0 Å². The zero-order valence-electron chi connectivity index (χ0n) is 22.8. The number of amidine groups is 1. The molecule has 7 nitrogen and oxygen atoms in total. The van der Waals surface area contributed by atoms with Crippen LogP contribution in [-0.2, 0) is 4.79 Å². The molecule has 5 N–H and O–H groups in total. The van der Waals surface area contributed by atoms with Gasteiger partial charge in [-0.2, -0.15) is 0 Å². The third kappa shape index (κ3) is 6.18. The summed E-state index contributed by atoms with van der Waals surface area (Å²) in [6.45, 7) is 6.49. The fraction of sp³-hybridized carbons (Fsp3) is 0.467. The average Bonchev–Trinajstić information content (AvgIpc) is 3.12. The van der Waals surface area contributed by atoms with Crippen molar-refractivity contribution in [2.75, 3.05) is 6.54 Å². The van der Waals surface area contributed by atoms with Crippen molar-refractivity contribution < 1.29 is 23.8 Å². The van der Waals surface area contributed by atoms with E-state index in [-0.39, 0.29) is 41.5 Å². The fourth-order valence-electron chi connectivity index (χ4n) is 6.25. The van der Waals surface area contributed by atoms with E-state index in [9.17, 15) is 18.4 Å². The summed E-state index contributed by atoms with van der Waals surface area (Å²) in [6, 6.07) is 9.99. The highest BCUT2D eigenvalue weighted by Gasteiger charge is 2.53. The third-order valence-corrected chi connectivity index (χ3v) is 7.63. The van der Waals surface area contributed by atoms with E-state index >= 15 is 0 Å². The van der Waals surface area contributed by atoms with Crippen molar-refractivity contribution in [3.63, 3.8) is 0 Å². The summed E-state index contributed by atoms with van der Waals surface area (Å²) in [5, 5.41) is 8.12. The maximum absolute atomic E-state index is 14.2. The van der Waals surface area contributed by atoms with Gasteiger partial charge in [-0.25, -0.2) is 8.78 Å². The number of rotatable bonds is 9. The molecule has 9 heteroatoms. The van der Waals surface area contributed by atoms with Gasteiger partial charge in [0.15, 0.2) is 0 Å². The molecule has 3 atom stereocenters. The Bertz CT molecular complexity index is 1250. The molecule has 1 saturated carbocycles. The number of nitrogens with one attached hydrogen (secondary N) is 1. The Morgan fingerprint density at radius 2 is 1.77 bits per heavy atom. The van der Waals surface area contributed by atoms with Gasteiger partial charge < -0.3 is 10.2 Å². The van der Waals surface area contributed by atoms with E-state index in [1.54, 1.807) is 12.1 Å². The first-order valence-electron chi connectivity index (χ1n) is 13.7. The van der Waals surface area contributed by atoms with Gasteiger partial charge in [-0.05, 0) is 67.3 Å². The number of nitrogens with zero attached hydrogens (tertiary/aromatic N) is 2. The smallest absolute Gasteiger partial charge is 0.275 e. The molecule has 1 heterocycles. The van der Waals surface area contributed by atoms with Gasteiger partial charge in [-0.3, -0.25) is 25.7 Å². The lowest BCUT2D eigenvalue weighted by Gasteiger charge is -2.47. The molecule has 1 fully saturated rings. The number of unbranched alkanes of at least 4 members (excludes halogenated alkanes) is 1. The highest BCUT2D eigenvalue weighted by molar-refractivity contribution is 6.46. The number of aliphatic imine (C=N–C) groups is 1. The van der Waals surface area contributed by atoms with Crippen LogP contribution in [0.5, 0.6) is 0 Å². The van der Waals surface area contributed by atoms with Crippen LogP contribution in [-0.4, -0.2) is 40.5 Å². The highest BCUT2D eigenvalue weighted by Crippen LogP contribution is 2.48. The lowest BCUT2D eigenvalue weighted by atomic mass is 9.75. The molecule has 2 aromatic rings. The molecule has 2 amide bonds. The molecule has 0 radical (unpaired) electrons. The van der Waals surface area contributed by atoms with E-state index in [1.807, 2.05) is 17.0 Å². The van der Waals surface area contributed by atoms with E-state index < -0.39 is 17.3 Å². The Kier molecular flexibility index (Phi) is 8.47. The normalized spacial score (nSPS) is 23.6. The van der Waals surface area contributed by atoms with Crippen LogP contribution in [0.25, 0.3) is 0 Å². The van der Waals surface area contributed by atoms with Crippen molar-refractivity contribution in [2.24, 2.45) is 22.6 Å². The molecule has 2 aromatic carbocycles. The second-order valence-electron chi connectivity index (χ2n) is 11.2. The molecular weight excluding hydrogens is 500 g/mol. The predicted molar refractivity (Wildman–Crippen MR) is 147 cm³/mol. The first kappa shape index (κ1) is 28.4. The molecule has 0 bridgehead atoms. The summed E-state index contributed by atoms with van der Waals surface area (Å²) in [5.74, 6) is -1.36. The summed E-state index contributed by atoms with van der Waals surface area (Å²) in [4.78, 5) is 33.6. The Morgan fingerprint density at radius 1 is 1.15 bits per heavy atom. The zero-order chi connectivity index (χ0) is 28.3. The monoisotopic (exact) mass is 538 g/mol. The van der Waals surface area contributed by atoms with Gasteiger partial charge in [-0.15, -0.1) is 0 Å². The number of hydrogen-bond donors (Lipinski definition) is 3. The van der Waals surface area contributed by atoms with Gasteiger partial charge in [0.05, 0.1) is 6.04 Å². The fourth-order valence-corrected chi connectivity index (χ4v) is 6.25. The van der Waals surface area contributed by atoms with E-state index in [4.69, 9.17) is 16.1 Å². The quantitative estimate of drug-likeness (QED) is 0.335. The van der Waals surface area contributed by atoms with Crippen LogP contribution in [0, 0.1) is 23.5 Å². The molecule has 0 aromatic heterocycles. The number of amides is 2. The van der Waals surface area contributed by atoms with Gasteiger partial charge in [0.2, 0.25) is 0 Å². The summed E-state index contributed by atoms with van der Waals surface area (Å²) in [7, 11) is 0.